The third kappa shape index (κ3) is 3.24. The second-order valence-corrected chi connectivity index (χ2v) is 7.23. The molecule has 6 heteroatoms. The van der Waals surface area contributed by atoms with E-state index in [0.717, 1.165) is 36.5 Å². The lowest BCUT2D eigenvalue weighted by Crippen LogP contribution is -2.54. The fourth-order valence-electron chi connectivity index (χ4n) is 2.80. The summed E-state index contributed by atoms with van der Waals surface area (Å²) in [5, 5.41) is 0. The van der Waals surface area contributed by atoms with Crippen molar-refractivity contribution in [3.63, 3.8) is 0 Å². The van der Waals surface area contributed by atoms with Crippen LogP contribution in [0.1, 0.15) is 32.5 Å². The van der Waals surface area contributed by atoms with Crippen molar-refractivity contribution in [2.24, 2.45) is 12.8 Å². The van der Waals surface area contributed by atoms with Crippen molar-refractivity contribution in [1.82, 2.24) is 19.4 Å². The summed E-state index contributed by atoms with van der Waals surface area (Å²) in [4.78, 5) is 9.50. The topological polar surface area (TPSA) is 50.3 Å². The molecule has 0 saturated carbocycles. The molecule has 0 bridgehead atoms. The van der Waals surface area contributed by atoms with Gasteiger partial charge in [-0.3, -0.25) is 9.80 Å². The van der Waals surface area contributed by atoms with Gasteiger partial charge >= 0.3 is 0 Å². The van der Waals surface area contributed by atoms with Gasteiger partial charge in [0.25, 0.3) is 0 Å². The summed E-state index contributed by atoms with van der Waals surface area (Å²) in [6.07, 6.45) is 1.84. The molecule has 1 saturated heterocycles. The van der Waals surface area contributed by atoms with Gasteiger partial charge in [-0.15, -0.1) is 0 Å². The van der Waals surface area contributed by atoms with Crippen molar-refractivity contribution < 1.29 is 0 Å². The van der Waals surface area contributed by atoms with E-state index >= 15 is 0 Å². The molecule has 2 N–H and O–H groups in total. The van der Waals surface area contributed by atoms with Crippen molar-refractivity contribution in [1.29, 1.82) is 0 Å². The molecule has 2 rings (SSSR count). The number of nitrogens with two attached hydrogens (primary N) is 1. The van der Waals surface area contributed by atoms with Crippen LogP contribution in [0, 0.1) is 0 Å². The molecule has 0 amide bonds. The van der Waals surface area contributed by atoms with Gasteiger partial charge in [0.2, 0.25) is 0 Å². The Morgan fingerprint density at radius 3 is 2.30 bits per heavy atom. The first-order valence-corrected chi connectivity index (χ1v) is 7.99. The maximum Gasteiger partial charge on any atom is 0.109 e. The van der Waals surface area contributed by atoms with Crippen LogP contribution in [-0.2, 0) is 7.05 Å². The smallest absolute Gasteiger partial charge is 0.109 e. The minimum atomic E-state index is 0.202. The first-order chi connectivity index (χ1) is 9.34. The quantitative estimate of drug-likeness (QED) is 0.905. The molecule has 5 nitrogen and oxygen atoms in total. The van der Waals surface area contributed by atoms with Gasteiger partial charge in [0.15, 0.2) is 0 Å². The molecule has 1 atom stereocenters. The fourth-order valence-corrected chi connectivity index (χ4v) is 3.25. The number of hydrogen-bond donors (Lipinski definition) is 1. The number of piperazine rings is 1. The maximum atomic E-state index is 6.01. The summed E-state index contributed by atoms with van der Waals surface area (Å²) < 4.78 is 3.02. The molecule has 0 aromatic carbocycles. The highest BCUT2D eigenvalue weighted by molar-refractivity contribution is 9.10. The lowest BCUT2D eigenvalue weighted by atomic mass is 10.0. The second-order valence-electron chi connectivity index (χ2n) is 6.48. The van der Waals surface area contributed by atoms with Gasteiger partial charge in [-0.2, -0.15) is 0 Å². The molecule has 1 aromatic heterocycles. The molecule has 0 radical (unpaired) electrons. The molecular weight excluding hydrogens is 318 g/mol. The number of halogens is 1. The number of imidazole rings is 1. The van der Waals surface area contributed by atoms with Crippen molar-refractivity contribution in [2.45, 2.75) is 32.4 Å². The van der Waals surface area contributed by atoms with Gasteiger partial charge in [0.1, 0.15) is 4.60 Å². The summed E-state index contributed by atoms with van der Waals surface area (Å²) in [5.74, 6) is 0. The van der Waals surface area contributed by atoms with Gasteiger partial charge in [0.05, 0.1) is 18.1 Å². The Bertz CT molecular complexity index is 443. The molecule has 20 heavy (non-hydrogen) atoms. The van der Waals surface area contributed by atoms with Crippen LogP contribution in [0.4, 0.5) is 0 Å². The first kappa shape index (κ1) is 15.9. The minimum Gasteiger partial charge on any atom is -0.329 e. The molecular formula is C14H26BrN5. The van der Waals surface area contributed by atoms with E-state index in [9.17, 15) is 0 Å². The summed E-state index contributed by atoms with van der Waals surface area (Å²) in [6.45, 7) is 11.7. The first-order valence-electron chi connectivity index (χ1n) is 7.20. The monoisotopic (exact) mass is 343 g/mol. The largest absolute Gasteiger partial charge is 0.329 e. The Kier molecular flexibility index (Phi) is 4.89. The predicted octanol–water partition coefficient (Wildman–Crippen LogP) is 1.60. The number of aryl methyl sites for hydroxylation is 1. The van der Waals surface area contributed by atoms with Crippen molar-refractivity contribution in [3.8, 4) is 0 Å². The minimum absolute atomic E-state index is 0.202. The Morgan fingerprint density at radius 1 is 1.30 bits per heavy atom. The number of nitrogens with zero attached hydrogens (tertiary/aromatic N) is 4. The van der Waals surface area contributed by atoms with Gasteiger partial charge < -0.3 is 10.3 Å². The Hall–Kier alpha value is -0.430. The average molecular weight is 344 g/mol. The highest BCUT2D eigenvalue weighted by atomic mass is 79.9. The summed E-state index contributed by atoms with van der Waals surface area (Å²) in [5.41, 5.74) is 7.31. The van der Waals surface area contributed by atoms with Gasteiger partial charge in [-0.1, -0.05) is 0 Å². The van der Waals surface area contributed by atoms with E-state index in [1.807, 2.05) is 17.9 Å². The van der Waals surface area contributed by atoms with Crippen LogP contribution in [0.2, 0.25) is 0 Å². The van der Waals surface area contributed by atoms with Crippen LogP contribution in [0.3, 0.4) is 0 Å². The van der Waals surface area contributed by atoms with E-state index in [-0.39, 0.29) is 11.6 Å². The van der Waals surface area contributed by atoms with E-state index < -0.39 is 0 Å². The highest BCUT2D eigenvalue weighted by Crippen LogP contribution is 2.27. The van der Waals surface area contributed by atoms with Crippen LogP contribution in [0.15, 0.2) is 10.9 Å². The maximum absolute atomic E-state index is 6.01. The van der Waals surface area contributed by atoms with E-state index in [2.05, 4.69) is 51.5 Å². The molecule has 1 aliphatic rings. The Balaban J connectivity index is 2.06. The number of aromatic nitrogens is 2. The van der Waals surface area contributed by atoms with Crippen molar-refractivity contribution in [2.75, 3.05) is 32.7 Å². The molecule has 2 heterocycles. The lowest BCUT2D eigenvalue weighted by molar-refractivity contribution is 0.0424. The van der Waals surface area contributed by atoms with Gasteiger partial charge in [-0.25, -0.2) is 4.98 Å². The number of hydrogen-bond acceptors (Lipinski definition) is 4. The Morgan fingerprint density at radius 2 is 1.90 bits per heavy atom. The van der Waals surface area contributed by atoms with E-state index in [4.69, 9.17) is 5.73 Å². The Labute approximate surface area is 130 Å². The predicted molar refractivity (Wildman–Crippen MR) is 85.6 cm³/mol. The molecule has 1 fully saturated rings. The van der Waals surface area contributed by atoms with Gasteiger partial charge in [-0.05, 0) is 36.7 Å². The highest BCUT2D eigenvalue weighted by Gasteiger charge is 2.30. The number of rotatable bonds is 3. The summed E-state index contributed by atoms with van der Waals surface area (Å²) in [6, 6.07) is 0.202. The summed E-state index contributed by atoms with van der Waals surface area (Å²) >= 11 is 3.61. The van der Waals surface area contributed by atoms with Gasteiger partial charge in [0, 0.05) is 45.3 Å². The lowest BCUT2D eigenvalue weighted by Gasteiger charge is -2.44. The summed E-state index contributed by atoms with van der Waals surface area (Å²) in [7, 11) is 1.99. The molecule has 1 unspecified atom stereocenters. The third-order valence-corrected chi connectivity index (χ3v) is 5.10. The molecule has 1 aliphatic heterocycles. The zero-order chi connectivity index (χ0) is 14.9. The van der Waals surface area contributed by atoms with E-state index in [1.165, 1.54) is 0 Å². The van der Waals surface area contributed by atoms with E-state index in [0.29, 0.717) is 6.54 Å². The molecule has 1 aromatic rings. The van der Waals surface area contributed by atoms with Crippen LogP contribution in [-0.4, -0.2) is 57.6 Å². The standard InChI is InChI=1S/C14H26BrN5/c1-14(2,3)20-7-5-19(6-8-20)11(9-16)12-13(15)18(4)10-17-12/h10-11H,5-9,16H2,1-4H3. The van der Waals surface area contributed by atoms with Crippen LogP contribution < -0.4 is 5.73 Å². The van der Waals surface area contributed by atoms with Crippen LogP contribution in [0.5, 0.6) is 0 Å². The fraction of sp³-hybridized carbons (Fsp3) is 0.786. The molecule has 0 aliphatic carbocycles. The zero-order valence-electron chi connectivity index (χ0n) is 12.9. The third-order valence-electron chi connectivity index (χ3n) is 4.13. The van der Waals surface area contributed by atoms with Crippen molar-refractivity contribution >= 4 is 15.9 Å². The molecule has 0 spiro atoms. The zero-order valence-corrected chi connectivity index (χ0v) is 14.5. The van der Waals surface area contributed by atoms with Crippen molar-refractivity contribution in [3.05, 3.63) is 16.6 Å². The SMILES string of the molecule is Cn1cnc(C(CN)N2CCN(C(C)(C)C)CC2)c1Br. The van der Waals surface area contributed by atoms with Crippen LogP contribution in [0.25, 0.3) is 0 Å². The van der Waals surface area contributed by atoms with E-state index in [1.54, 1.807) is 0 Å². The molecule has 114 valence electrons. The normalized spacial score (nSPS) is 20.3. The average Bonchev–Trinajstić information content (AvgIpc) is 2.72. The van der Waals surface area contributed by atoms with Crippen LogP contribution >= 0.6 is 15.9 Å². The second kappa shape index (κ2) is 6.13.